The minimum atomic E-state index is -0.211. The summed E-state index contributed by atoms with van der Waals surface area (Å²) in [5, 5.41) is 1.51. The van der Waals surface area contributed by atoms with Gasteiger partial charge in [-0.1, -0.05) is 36.4 Å². The van der Waals surface area contributed by atoms with Crippen molar-refractivity contribution in [2.75, 3.05) is 7.11 Å². The first-order valence-corrected chi connectivity index (χ1v) is 6.79. The third-order valence-corrected chi connectivity index (χ3v) is 3.69. The molecule has 0 aromatic heterocycles. The first-order chi connectivity index (χ1) is 10.2. The number of hydrogen-bond donors (Lipinski definition) is 1. The Morgan fingerprint density at radius 1 is 0.952 bits per heavy atom. The molecule has 0 atom stereocenters. The molecule has 0 spiro atoms. The zero-order valence-electron chi connectivity index (χ0n) is 11.8. The van der Waals surface area contributed by atoms with Gasteiger partial charge in [0.15, 0.2) is 0 Å². The first-order valence-electron chi connectivity index (χ1n) is 6.79. The van der Waals surface area contributed by atoms with Gasteiger partial charge in [-0.25, -0.2) is 4.39 Å². The van der Waals surface area contributed by atoms with Crippen LogP contribution >= 0.6 is 0 Å². The minimum absolute atomic E-state index is 0.211. The number of hydrogen-bond acceptors (Lipinski definition) is 2. The van der Waals surface area contributed by atoms with Gasteiger partial charge in [0.1, 0.15) is 11.6 Å². The Kier molecular flexibility index (Phi) is 3.59. The standard InChI is InChI=1S/C18H16FNO/c1-21-13-6-7-14(12(10-13)11-20)16-8-9-18(19)17-5-3-2-4-15(16)17/h2-10H,11,20H2,1H3. The largest absolute Gasteiger partial charge is 0.497 e. The molecule has 0 fully saturated rings. The van der Waals surface area contributed by atoms with Gasteiger partial charge < -0.3 is 10.5 Å². The first kappa shape index (κ1) is 13.6. The second-order valence-corrected chi connectivity index (χ2v) is 4.87. The van der Waals surface area contributed by atoms with E-state index in [-0.39, 0.29) is 5.82 Å². The highest BCUT2D eigenvalue weighted by molar-refractivity contribution is 5.97. The summed E-state index contributed by atoms with van der Waals surface area (Å²) < 4.78 is 19.2. The number of benzene rings is 3. The van der Waals surface area contributed by atoms with Gasteiger partial charge in [0.2, 0.25) is 0 Å². The van der Waals surface area contributed by atoms with Crippen molar-refractivity contribution in [3.8, 4) is 16.9 Å². The van der Waals surface area contributed by atoms with Crippen molar-refractivity contribution < 1.29 is 9.13 Å². The van der Waals surface area contributed by atoms with Crippen LogP contribution in [0, 0.1) is 5.82 Å². The molecule has 21 heavy (non-hydrogen) atoms. The van der Waals surface area contributed by atoms with E-state index in [0.29, 0.717) is 11.9 Å². The number of methoxy groups -OCH3 is 1. The summed E-state index contributed by atoms with van der Waals surface area (Å²) in [7, 11) is 1.63. The van der Waals surface area contributed by atoms with Crippen LogP contribution in [0.1, 0.15) is 5.56 Å². The van der Waals surface area contributed by atoms with Crippen molar-refractivity contribution >= 4 is 10.8 Å². The number of halogens is 1. The van der Waals surface area contributed by atoms with Crippen LogP contribution in [0.25, 0.3) is 21.9 Å². The summed E-state index contributed by atoms with van der Waals surface area (Å²) >= 11 is 0. The Bertz CT molecular complexity index is 798. The van der Waals surface area contributed by atoms with E-state index < -0.39 is 0 Å². The molecule has 3 aromatic carbocycles. The quantitative estimate of drug-likeness (QED) is 0.784. The molecule has 0 saturated carbocycles. The number of rotatable bonds is 3. The normalized spacial score (nSPS) is 10.8. The van der Waals surface area contributed by atoms with E-state index in [2.05, 4.69) is 0 Å². The van der Waals surface area contributed by atoms with Crippen LogP contribution in [0.15, 0.2) is 54.6 Å². The molecule has 0 amide bonds. The lowest BCUT2D eigenvalue weighted by molar-refractivity contribution is 0.414. The van der Waals surface area contributed by atoms with E-state index in [0.717, 1.165) is 27.8 Å². The number of ether oxygens (including phenoxy) is 1. The maximum Gasteiger partial charge on any atom is 0.131 e. The topological polar surface area (TPSA) is 35.2 Å². The highest BCUT2D eigenvalue weighted by Gasteiger charge is 2.11. The molecule has 0 aliphatic carbocycles. The molecule has 0 unspecified atom stereocenters. The molecule has 0 bridgehead atoms. The lowest BCUT2D eigenvalue weighted by Gasteiger charge is -2.13. The predicted octanol–water partition coefficient (Wildman–Crippen LogP) is 4.11. The van der Waals surface area contributed by atoms with Crippen molar-refractivity contribution in [2.45, 2.75) is 6.54 Å². The fourth-order valence-electron chi connectivity index (χ4n) is 2.63. The van der Waals surface area contributed by atoms with Crippen LogP contribution in [0.3, 0.4) is 0 Å². The molecule has 0 aliphatic heterocycles. The van der Waals surface area contributed by atoms with E-state index in [9.17, 15) is 4.39 Å². The van der Waals surface area contributed by atoms with Crippen molar-refractivity contribution in [2.24, 2.45) is 5.73 Å². The van der Waals surface area contributed by atoms with Gasteiger partial charge in [0.25, 0.3) is 0 Å². The Labute approximate surface area is 123 Å². The summed E-state index contributed by atoms with van der Waals surface area (Å²) in [6, 6.07) is 16.6. The average Bonchev–Trinajstić information content (AvgIpc) is 2.55. The number of fused-ring (bicyclic) bond motifs is 1. The van der Waals surface area contributed by atoms with E-state index >= 15 is 0 Å². The fraction of sp³-hybridized carbons (Fsp3) is 0.111. The van der Waals surface area contributed by atoms with E-state index in [1.807, 2.05) is 36.4 Å². The summed E-state index contributed by atoms with van der Waals surface area (Å²) in [6.45, 7) is 0.401. The Hall–Kier alpha value is -2.39. The fourth-order valence-corrected chi connectivity index (χ4v) is 2.63. The molecule has 0 radical (unpaired) electrons. The van der Waals surface area contributed by atoms with Crippen molar-refractivity contribution in [3.05, 3.63) is 66.0 Å². The van der Waals surface area contributed by atoms with Crippen molar-refractivity contribution in [1.82, 2.24) is 0 Å². The van der Waals surface area contributed by atoms with E-state index in [4.69, 9.17) is 10.5 Å². The van der Waals surface area contributed by atoms with Crippen molar-refractivity contribution in [3.63, 3.8) is 0 Å². The molecule has 3 rings (SSSR count). The Morgan fingerprint density at radius 2 is 1.67 bits per heavy atom. The molecule has 0 aliphatic rings. The zero-order valence-corrected chi connectivity index (χ0v) is 11.8. The molecular formula is C18H16FNO. The van der Waals surface area contributed by atoms with Crippen LogP contribution in [0.4, 0.5) is 4.39 Å². The van der Waals surface area contributed by atoms with Gasteiger partial charge in [0.05, 0.1) is 7.11 Å². The summed E-state index contributed by atoms with van der Waals surface area (Å²) in [4.78, 5) is 0. The van der Waals surface area contributed by atoms with Gasteiger partial charge in [-0.15, -0.1) is 0 Å². The average molecular weight is 281 g/mol. The molecule has 2 nitrogen and oxygen atoms in total. The van der Waals surface area contributed by atoms with Crippen molar-refractivity contribution in [1.29, 1.82) is 0 Å². The smallest absolute Gasteiger partial charge is 0.131 e. The second-order valence-electron chi connectivity index (χ2n) is 4.87. The Morgan fingerprint density at radius 3 is 2.38 bits per heavy atom. The van der Waals surface area contributed by atoms with Gasteiger partial charge in [-0.3, -0.25) is 0 Å². The monoisotopic (exact) mass is 281 g/mol. The van der Waals surface area contributed by atoms with Crippen LogP contribution in [0.2, 0.25) is 0 Å². The van der Waals surface area contributed by atoms with Gasteiger partial charge in [-0.05, 0) is 40.3 Å². The van der Waals surface area contributed by atoms with Crippen LogP contribution in [0.5, 0.6) is 5.75 Å². The highest BCUT2D eigenvalue weighted by atomic mass is 19.1. The second kappa shape index (κ2) is 5.54. The number of nitrogens with two attached hydrogens (primary N) is 1. The Balaban J connectivity index is 2.28. The lowest BCUT2D eigenvalue weighted by atomic mass is 9.94. The molecule has 0 saturated heterocycles. The molecule has 3 aromatic rings. The maximum atomic E-state index is 13.9. The molecule has 106 valence electrons. The third-order valence-electron chi connectivity index (χ3n) is 3.69. The summed E-state index contributed by atoms with van der Waals surface area (Å²) in [5.74, 6) is 0.558. The maximum absolute atomic E-state index is 13.9. The molecule has 2 N–H and O–H groups in total. The third kappa shape index (κ3) is 2.36. The summed E-state index contributed by atoms with van der Waals surface area (Å²) in [5.41, 5.74) is 8.82. The molecule has 0 heterocycles. The van der Waals surface area contributed by atoms with Crippen LogP contribution < -0.4 is 10.5 Å². The lowest BCUT2D eigenvalue weighted by Crippen LogP contribution is -2.00. The minimum Gasteiger partial charge on any atom is -0.497 e. The SMILES string of the molecule is COc1ccc(-c2ccc(F)c3ccccc23)c(CN)c1. The molecule has 3 heteroatoms. The van der Waals surface area contributed by atoms with Gasteiger partial charge >= 0.3 is 0 Å². The zero-order chi connectivity index (χ0) is 14.8. The van der Waals surface area contributed by atoms with Crippen LogP contribution in [-0.2, 0) is 6.54 Å². The van der Waals surface area contributed by atoms with Gasteiger partial charge in [-0.2, -0.15) is 0 Å². The molecular weight excluding hydrogens is 265 g/mol. The highest BCUT2D eigenvalue weighted by Crippen LogP contribution is 2.33. The van der Waals surface area contributed by atoms with E-state index in [1.165, 1.54) is 6.07 Å². The van der Waals surface area contributed by atoms with Gasteiger partial charge in [0, 0.05) is 11.9 Å². The van der Waals surface area contributed by atoms with Crippen LogP contribution in [-0.4, -0.2) is 7.11 Å². The predicted molar refractivity (Wildman–Crippen MR) is 83.8 cm³/mol. The summed E-state index contributed by atoms with van der Waals surface area (Å²) in [6.07, 6.45) is 0. The van der Waals surface area contributed by atoms with E-state index in [1.54, 1.807) is 19.2 Å².